The number of tetrazole rings is 1. The fourth-order valence-corrected chi connectivity index (χ4v) is 2.97. The maximum Gasteiger partial charge on any atom is 0.237 e. The molecule has 126 valence electrons. The third-order valence-corrected chi connectivity index (χ3v) is 4.53. The number of benzene rings is 1. The molecule has 0 bridgehead atoms. The van der Waals surface area contributed by atoms with E-state index in [0.29, 0.717) is 22.6 Å². The molecule has 1 aromatic heterocycles. The number of nitrogens with zero attached hydrogens (tertiary/aromatic N) is 4. The van der Waals surface area contributed by atoms with E-state index >= 15 is 0 Å². The van der Waals surface area contributed by atoms with Crippen molar-refractivity contribution < 1.29 is 9.59 Å². The Morgan fingerprint density at radius 2 is 1.83 bits per heavy atom. The van der Waals surface area contributed by atoms with Gasteiger partial charge in [0, 0.05) is 18.3 Å². The number of carbonyl (C=O) groups is 2. The lowest BCUT2D eigenvalue weighted by molar-refractivity contribution is -0.115. The molecule has 2 amide bonds. The number of carbonyl (C=O) groups excluding carboxylic acids is 2. The van der Waals surface area contributed by atoms with Gasteiger partial charge in [-0.3, -0.25) is 9.59 Å². The number of nitrogens with one attached hydrogen (secondary N) is 2. The molecule has 3 rings (SSSR count). The lowest BCUT2D eigenvalue weighted by Gasteiger charge is -2.12. The van der Waals surface area contributed by atoms with Crippen molar-refractivity contribution in [3.63, 3.8) is 0 Å². The average molecular weight is 346 g/mol. The monoisotopic (exact) mass is 346 g/mol. The third kappa shape index (κ3) is 4.10. The van der Waals surface area contributed by atoms with Gasteiger partial charge in [-0.25, -0.2) is 4.68 Å². The summed E-state index contributed by atoms with van der Waals surface area (Å²) in [5, 5.41) is 17.5. The maximum atomic E-state index is 12.3. The second kappa shape index (κ2) is 7.00. The molecule has 2 N–H and O–H groups in total. The van der Waals surface area contributed by atoms with Gasteiger partial charge in [-0.2, -0.15) is 0 Å². The molecule has 1 aliphatic carbocycles. The standard InChI is InChI=1S/C15H18N6O2S/c1-9(24-15-18-19-20-21(15)13-7-8-13)14(23)17-12-5-3-11(4-6-12)16-10(2)22/h3-6,9,13H,7-8H2,1-2H3,(H,16,22)(H,17,23)/t9-/m0/s1. The molecule has 24 heavy (non-hydrogen) atoms. The number of hydrogen-bond donors (Lipinski definition) is 2. The van der Waals surface area contributed by atoms with Crippen LogP contribution in [0.1, 0.15) is 32.7 Å². The number of rotatable bonds is 6. The van der Waals surface area contributed by atoms with E-state index < -0.39 is 0 Å². The van der Waals surface area contributed by atoms with E-state index in [1.54, 1.807) is 28.9 Å². The maximum absolute atomic E-state index is 12.3. The highest BCUT2D eigenvalue weighted by atomic mass is 32.2. The van der Waals surface area contributed by atoms with E-state index in [0.717, 1.165) is 12.8 Å². The summed E-state index contributed by atoms with van der Waals surface area (Å²) in [5.41, 5.74) is 1.36. The summed E-state index contributed by atoms with van der Waals surface area (Å²) < 4.78 is 1.79. The SMILES string of the molecule is CC(=O)Nc1ccc(NC(=O)[C@H](C)Sc2nnnn2C2CC2)cc1. The van der Waals surface area contributed by atoms with E-state index in [2.05, 4.69) is 26.2 Å². The molecule has 0 radical (unpaired) electrons. The summed E-state index contributed by atoms with van der Waals surface area (Å²) in [6.07, 6.45) is 2.17. The first-order valence-electron chi connectivity index (χ1n) is 7.66. The topological polar surface area (TPSA) is 102 Å². The van der Waals surface area contributed by atoms with E-state index in [1.165, 1.54) is 18.7 Å². The van der Waals surface area contributed by atoms with Crippen LogP contribution >= 0.6 is 11.8 Å². The molecule has 1 atom stereocenters. The fraction of sp³-hybridized carbons (Fsp3) is 0.400. The van der Waals surface area contributed by atoms with Crippen molar-refractivity contribution in [1.82, 2.24) is 20.2 Å². The Hall–Kier alpha value is -2.42. The first-order chi connectivity index (χ1) is 11.5. The summed E-state index contributed by atoms with van der Waals surface area (Å²) in [4.78, 5) is 23.3. The highest BCUT2D eigenvalue weighted by Gasteiger charge is 2.29. The highest BCUT2D eigenvalue weighted by Crippen LogP contribution is 2.37. The van der Waals surface area contributed by atoms with E-state index in [9.17, 15) is 9.59 Å². The van der Waals surface area contributed by atoms with Crippen LogP contribution in [0.3, 0.4) is 0 Å². The molecule has 1 saturated carbocycles. The van der Waals surface area contributed by atoms with Gasteiger partial charge < -0.3 is 10.6 Å². The van der Waals surface area contributed by atoms with Crippen molar-refractivity contribution in [1.29, 1.82) is 0 Å². The van der Waals surface area contributed by atoms with Gasteiger partial charge in [-0.15, -0.1) is 5.10 Å². The Labute approximate surface area is 143 Å². The van der Waals surface area contributed by atoms with Crippen molar-refractivity contribution in [3.05, 3.63) is 24.3 Å². The molecule has 1 aromatic carbocycles. The van der Waals surface area contributed by atoms with Gasteiger partial charge in [-0.1, -0.05) is 11.8 Å². The smallest absolute Gasteiger partial charge is 0.237 e. The highest BCUT2D eigenvalue weighted by molar-refractivity contribution is 8.00. The molecule has 0 saturated heterocycles. The second-order valence-corrected chi connectivity index (χ2v) is 6.95. The predicted octanol–water partition coefficient (Wildman–Crippen LogP) is 2.09. The normalized spacial score (nSPS) is 14.9. The van der Waals surface area contributed by atoms with Gasteiger partial charge in [0.15, 0.2) is 0 Å². The number of aromatic nitrogens is 4. The van der Waals surface area contributed by atoms with E-state index in [4.69, 9.17) is 0 Å². The van der Waals surface area contributed by atoms with Gasteiger partial charge >= 0.3 is 0 Å². The third-order valence-electron chi connectivity index (χ3n) is 3.48. The number of hydrogen-bond acceptors (Lipinski definition) is 6. The van der Waals surface area contributed by atoms with Crippen molar-refractivity contribution in [2.24, 2.45) is 0 Å². The summed E-state index contributed by atoms with van der Waals surface area (Å²) >= 11 is 1.34. The van der Waals surface area contributed by atoms with Gasteiger partial charge in [0.2, 0.25) is 17.0 Å². The first-order valence-corrected chi connectivity index (χ1v) is 8.54. The fourth-order valence-electron chi connectivity index (χ4n) is 2.11. The number of thioether (sulfide) groups is 1. The summed E-state index contributed by atoms with van der Waals surface area (Å²) in [7, 11) is 0. The predicted molar refractivity (Wildman–Crippen MR) is 90.8 cm³/mol. The summed E-state index contributed by atoms with van der Waals surface area (Å²) in [5.74, 6) is -0.261. The van der Waals surface area contributed by atoms with Gasteiger partial charge in [0.1, 0.15) is 0 Å². The molecule has 1 aliphatic rings. The zero-order chi connectivity index (χ0) is 17.1. The van der Waals surface area contributed by atoms with Gasteiger partial charge in [-0.05, 0) is 54.5 Å². The quantitative estimate of drug-likeness (QED) is 0.777. The van der Waals surface area contributed by atoms with Crippen LogP contribution < -0.4 is 10.6 Å². The number of amides is 2. The molecular weight excluding hydrogens is 328 g/mol. The van der Waals surface area contributed by atoms with Crippen LogP contribution in [-0.2, 0) is 9.59 Å². The zero-order valence-electron chi connectivity index (χ0n) is 13.4. The van der Waals surface area contributed by atoms with Crippen LogP contribution in [-0.4, -0.2) is 37.3 Å². The Morgan fingerprint density at radius 3 is 2.42 bits per heavy atom. The lowest BCUT2D eigenvalue weighted by Crippen LogP contribution is -2.23. The number of anilines is 2. The van der Waals surface area contributed by atoms with Crippen molar-refractivity contribution in [2.45, 2.75) is 43.1 Å². The molecule has 0 unspecified atom stereocenters. The Morgan fingerprint density at radius 1 is 1.21 bits per heavy atom. The minimum Gasteiger partial charge on any atom is -0.326 e. The largest absolute Gasteiger partial charge is 0.326 e. The van der Waals surface area contributed by atoms with Crippen molar-refractivity contribution in [2.75, 3.05) is 10.6 Å². The van der Waals surface area contributed by atoms with Crippen LogP contribution in [0, 0.1) is 0 Å². The van der Waals surface area contributed by atoms with Gasteiger partial charge in [0.05, 0.1) is 11.3 Å². The van der Waals surface area contributed by atoms with Crippen LogP contribution in [0.5, 0.6) is 0 Å². The van der Waals surface area contributed by atoms with Crippen molar-refractivity contribution >= 4 is 35.0 Å². The molecule has 2 aromatic rings. The molecule has 1 heterocycles. The van der Waals surface area contributed by atoms with E-state index in [-0.39, 0.29) is 17.1 Å². The van der Waals surface area contributed by atoms with Gasteiger partial charge in [0.25, 0.3) is 0 Å². The Bertz CT molecular complexity index is 741. The summed E-state index contributed by atoms with van der Waals surface area (Å²) in [6.45, 7) is 3.27. The molecular formula is C15H18N6O2S. The molecule has 8 nitrogen and oxygen atoms in total. The summed E-state index contributed by atoms with van der Waals surface area (Å²) in [6, 6.07) is 7.34. The minimum absolute atomic E-state index is 0.127. The molecule has 9 heteroatoms. The Balaban J connectivity index is 1.57. The van der Waals surface area contributed by atoms with Crippen LogP contribution in [0.4, 0.5) is 11.4 Å². The lowest BCUT2D eigenvalue weighted by atomic mass is 10.2. The minimum atomic E-state index is -0.330. The molecule has 0 aliphatic heterocycles. The van der Waals surface area contributed by atoms with E-state index in [1.807, 2.05) is 6.92 Å². The average Bonchev–Trinajstić information content (AvgIpc) is 3.28. The first kappa shape index (κ1) is 16.4. The molecule has 1 fully saturated rings. The molecule has 0 spiro atoms. The van der Waals surface area contributed by atoms with Crippen LogP contribution in [0.2, 0.25) is 0 Å². The zero-order valence-corrected chi connectivity index (χ0v) is 14.2. The second-order valence-electron chi connectivity index (χ2n) is 5.65. The Kier molecular flexibility index (Phi) is 4.79. The van der Waals surface area contributed by atoms with Crippen molar-refractivity contribution in [3.8, 4) is 0 Å². The van der Waals surface area contributed by atoms with Crippen LogP contribution in [0.15, 0.2) is 29.4 Å². The van der Waals surface area contributed by atoms with Crippen LogP contribution in [0.25, 0.3) is 0 Å².